The summed E-state index contributed by atoms with van der Waals surface area (Å²) in [6.07, 6.45) is 4.77. The van der Waals surface area contributed by atoms with Gasteiger partial charge in [0.1, 0.15) is 18.5 Å². The molecule has 0 saturated carbocycles. The predicted molar refractivity (Wildman–Crippen MR) is 140 cm³/mol. The van der Waals surface area contributed by atoms with E-state index in [1.54, 1.807) is 13.3 Å². The number of benzene rings is 1. The topological polar surface area (TPSA) is 124 Å². The second-order valence-electron chi connectivity index (χ2n) is 9.89. The standard InChI is InChI=1S/C27H37N5O6/c1-18(2)24-26(34)29-9-11-31-10-8-28-25(31)20-4-5-21(36-3)22(16-20)38-15-12-32(17-23(33)30-24)27(35)19-6-13-37-14-7-19/h4-5,8,10,16,18-19,24H,6-7,9,11-15,17H2,1-3H3,(H,29,34)(H,30,33)/t24-/m1/s1. The van der Waals surface area contributed by atoms with E-state index >= 15 is 0 Å². The van der Waals surface area contributed by atoms with Crippen LogP contribution in [0.25, 0.3) is 11.4 Å². The number of ether oxygens (including phenoxy) is 3. The first-order chi connectivity index (χ1) is 18.4. The van der Waals surface area contributed by atoms with Gasteiger partial charge >= 0.3 is 0 Å². The van der Waals surface area contributed by atoms with Crippen LogP contribution in [0.2, 0.25) is 0 Å². The number of methoxy groups -OCH3 is 1. The van der Waals surface area contributed by atoms with Crippen LogP contribution in [0.4, 0.5) is 0 Å². The fourth-order valence-electron chi connectivity index (χ4n) is 4.75. The van der Waals surface area contributed by atoms with Crippen molar-refractivity contribution in [3.05, 3.63) is 30.6 Å². The predicted octanol–water partition coefficient (Wildman–Crippen LogP) is 1.46. The van der Waals surface area contributed by atoms with E-state index in [1.807, 2.05) is 42.8 Å². The van der Waals surface area contributed by atoms with Crippen LogP contribution >= 0.6 is 0 Å². The number of imidazole rings is 1. The summed E-state index contributed by atoms with van der Waals surface area (Å²) < 4.78 is 18.9. The van der Waals surface area contributed by atoms with Gasteiger partial charge in [0.15, 0.2) is 11.5 Å². The molecule has 0 aliphatic carbocycles. The lowest BCUT2D eigenvalue weighted by Crippen LogP contribution is -2.53. The summed E-state index contributed by atoms with van der Waals surface area (Å²) in [7, 11) is 1.57. The molecule has 11 nitrogen and oxygen atoms in total. The van der Waals surface area contributed by atoms with Crippen molar-refractivity contribution in [3.63, 3.8) is 0 Å². The summed E-state index contributed by atoms with van der Waals surface area (Å²) in [5.41, 5.74) is 0.827. The summed E-state index contributed by atoms with van der Waals surface area (Å²) in [6.45, 7) is 5.83. The second kappa shape index (κ2) is 12.8. The van der Waals surface area contributed by atoms with Gasteiger partial charge in [0.2, 0.25) is 17.7 Å². The fraction of sp³-hybridized carbons (Fsp3) is 0.556. The van der Waals surface area contributed by atoms with E-state index in [1.165, 1.54) is 4.90 Å². The Morgan fingerprint density at radius 1 is 1.16 bits per heavy atom. The van der Waals surface area contributed by atoms with Crippen molar-refractivity contribution in [1.29, 1.82) is 0 Å². The van der Waals surface area contributed by atoms with Crippen molar-refractivity contribution in [2.24, 2.45) is 11.8 Å². The maximum Gasteiger partial charge on any atom is 0.242 e. The van der Waals surface area contributed by atoms with Crippen molar-refractivity contribution < 1.29 is 28.6 Å². The number of fused-ring (bicyclic) bond motifs is 4. The van der Waals surface area contributed by atoms with Gasteiger partial charge in [-0.3, -0.25) is 14.4 Å². The highest BCUT2D eigenvalue weighted by Crippen LogP contribution is 2.32. The Bertz CT molecular complexity index is 1130. The zero-order valence-corrected chi connectivity index (χ0v) is 22.3. The molecule has 1 aromatic heterocycles. The van der Waals surface area contributed by atoms with Gasteiger partial charge < -0.3 is 34.3 Å². The fourth-order valence-corrected chi connectivity index (χ4v) is 4.75. The van der Waals surface area contributed by atoms with Gasteiger partial charge in [-0.15, -0.1) is 0 Å². The lowest BCUT2D eigenvalue weighted by molar-refractivity contribution is -0.142. The molecule has 2 aliphatic heterocycles. The Hall–Kier alpha value is -3.60. The average molecular weight is 528 g/mol. The van der Waals surface area contributed by atoms with Crippen LogP contribution in [0.1, 0.15) is 26.7 Å². The molecule has 3 heterocycles. The van der Waals surface area contributed by atoms with Crippen LogP contribution in [-0.2, 0) is 25.7 Å². The molecule has 1 aromatic carbocycles. The lowest BCUT2D eigenvalue weighted by atomic mass is 9.98. The number of amides is 3. The molecule has 2 bridgehead atoms. The molecule has 4 rings (SSSR count). The molecule has 2 N–H and O–H groups in total. The Morgan fingerprint density at radius 3 is 2.68 bits per heavy atom. The molecule has 11 heteroatoms. The van der Waals surface area contributed by atoms with Crippen LogP contribution in [0.3, 0.4) is 0 Å². The molecule has 0 spiro atoms. The Labute approximate surface area is 222 Å². The van der Waals surface area contributed by atoms with Gasteiger partial charge in [-0.05, 0) is 37.0 Å². The molecule has 1 atom stereocenters. The highest BCUT2D eigenvalue weighted by Gasteiger charge is 2.30. The molecule has 2 aliphatic rings. The minimum absolute atomic E-state index is 0.113. The molecule has 2 aromatic rings. The summed E-state index contributed by atoms with van der Waals surface area (Å²) >= 11 is 0. The molecular formula is C27H37N5O6. The third-order valence-electron chi connectivity index (χ3n) is 6.89. The number of aromatic nitrogens is 2. The average Bonchev–Trinajstić information content (AvgIpc) is 3.39. The van der Waals surface area contributed by atoms with Crippen LogP contribution in [0.15, 0.2) is 30.6 Å². The molecular weight excluding hydrogens is 490 g/mol. The molecule has 206 valence electrons. The van der Waals surface area contributed by atoms with Gasteiger partial charge in [-0.1, -0.05) is 13.8 Å². The molecule has 0 radical (unpaired) electrons. The zero-order chi connectivity index (χ0) is 27.1. The van der Waals surface area contributed by atoms with Crippen molar-refractivity contribution in [1.82, 2.24) is 25.1 Å². The van der Waals surface area contributed by atoms with E-state index in [2.05, 4.69) is 15.6 Å². The molecule has 1 fully saturated rings. The Balaban J connectivity index is 1.63. The normalized spacial score (nSPS) is 20.1. The molecule has 1 saturated heterocycles. The zero-order valence-electron chi connectivity index (χ0n) is 22.3. The van der Waals surface area contributed by atoms with E-state index in [4.69, 9.17) is 14.2 Å². The van der Waals surface area contributed by atoms with Crippen molar-refractivity contribution >= 4 is 17.7 Å². The Morgan fingerprint density at radius 2 is 1.95 bits per heavy atom. The highest BCUT2D eigenvalue weighted by molar-refractivity contribution is 5.90. The number of carbonyl (C=O) groups is 3. The van der Waals surface area contributed by atoms with Gasteiger partial charge in [0.25, 0.3) is 0 Å². The number of nitrogens with zero attached hydrogens (tertiary/aromatic N) is 3. The first kappa shape index (κ1) is 27.4. The van der Waals surface area contributed by atoms with Gasteiger partial charge in [-0.2, -0.15) is 0 Å². The smallest absolute Gasteiger partial charge is 0.242 e. The summed E-state index contributed by atoms with van der Waals surface area (Å²) in [5.74, 6) is 0.668. The second-order valence-corrected chi connectivity index (χ2v) is 9.89. The van der Waals surface area contributed by atoms with Crippen LogP contribution in [-0.4, -0.2) is 84.8 Å². The van der Waals surface area contributed by atoms with Crippen molar-refractivity contribution in [2.45, 2.75) is 39.3 Å². The van der Waals surface area contributed by atoms with E-state index in [-0.39, 0.29) is 49.3 Å². The third-order valence-corrected chi connectivity index (χ3v) is 6.89. The van der Waals surface area contributed by atoms with E-state index in [0.717, 1.165) is 11.4 Å². The number of hydrogen-bond acceptors (Lipinski definition) is 7. The quantitative estimate of drug-likeness (QED) is 0.619. The summed E-state index contributed by atoms with van der Waals surface area (Å²) in [4.78, 5) is 45.5. The first-order valence-corrected chi connectivity index (χ1v) is 13.1. The van der Waals surface area contributed by atoms with Crippen LogP contribution in [0, 0.1) is 11.8 Å². The maximum absolute atomic E-state index is 13.4. The van der Waals surface area contributed by atoms with Crippen molar-refractivity contribution in [3.8, 4) is 22.9 Å². The largest absolute Gasteiger partial charge is 0.493 e. The number of hydrogen-bond donors (Lipinski definition) is 2. The monoisotopic (exact) mass is 527 g/mol. The van der Waals surface area contributed by atoms with E-state index in [0.29, 0.717) is 50.6 Å². The van der Waals surface area contributed by atoms with Crippen LogP contribution < -0.4 is 20.1 Å². The first-order valence-electron chi connectivity index (χ1n) is 13.1. The number of nitrogens with one attached hydrogen (secondary N) is 2. The molecule has 38 heavy (non-hydrogen) atoms. The molecule has 0 unspecified atom stereocenters. The van der Waals surface area contributed by atoms with Gasteiger partial charge in [0.05, 0.1) is 20.2 Å². The number of rotatable bonds is 3. The Kier molecular flexibility index (Phi) is 9.22. The highest BCUT2D eigenvalue weighted by atomic mass is 16.5. The van der Waals surface area contributed by atoms with Crippen LogP contribution in [0.5, 0.6) is 11.5 Å². The van der Waals surface area contributed by atoms with E-state index < -0.39 is 6.04 Å². The maximum atomic E-state index is 13.4. The van der Waals surface area contributed by atoms with Crippen molar-refractivity contribution in [2.75, 3.05) is 46.6 Å². The van der Waals surface area contributed by atoms with Gasteiger partial charge in [-0.25, -0.2) is 4.98 Å². The summed E-state index contributed by atoms with van der Waals surface area (Å²) in [5, 5.41) is 5.77. The van der Waals surface area contributed by atoms with E-state index in [9.17, 15) is 14.4 Å². The minimum atomic E-state index is -0.726. The third kappa shape index (κ3) is 6.63. The minimum Gasteiger partial charge on any atom is -0.493 e. The number of carbonyl (C=O) groups excluding carboxylic acids is 3. The van der Waals surface area contributed by atoms with Gasteiger partial charge in [0, 0.05) is 50.2 Å². The lowest BCUT2D eigenvalue weighted by Gasteiger charge is -2.30. The summed E-state index contributed by atoms with van der Waals surface area (Å²) in [6, 6.07) is 4.83. The molecule has 3 amide bonds. The SMILES string of the molecule is COc1ccc2cc1OCCN(C(=O)C1CCOCC1)CC(=O)N[C@H](C(C)C)C(=O)NCCn1ccnc1-2.